The molecule has 2 heteroatoms. The standard InChI is InChI=1S/C16H23NO/c1-11-7-12(2)10-17(9-11)16(18)15-6-5-13(3)14(4)8-15/h5-6,8,11-12H,7,9-10H2,1-4H3/t11-,12+. The average molecular weight is 245 g/mol. The van der Waals surface area contributed by atoms with Gasteiger partial charge in [0.1, 0.15) is 0 Å². The molecule has 1 aliphatic rings. The molecule has 1 aromatic rings. The number of hydrogen-bond acceptors (Lipinski definition) is 1. The van der Waals surface area contributed by atoms with Gasteiger partial charge in [-0.25, -0.2) is 0 Å². The topological polar surface area (TPSA) is 20.3 Å². The molecule has 2 rings (SSSR count). The van der Waals surface area contributed by atoms with Crippen LogP contribution in [0.15, 0.2) is 18.2 Å². The number of likely N-dealkylation sites (tertiary alicyclic amines) is 1. The maximum Gasteiger partial charge on any atom is 0.253 e. The molecule has 1 aliphatic heterocycles. The van der Waals surface area contributed by atoms with Crippen molar-refractivity contribution in [2.45, 2.75) is 34.1 Å². The van der Waals surface area contributed by atoms with Crippen molar-refractivity contribution in [2.75, 3.05) is 13.1 Å². The van der Waals surface area contributed by atoms with Crippen molar-refractivity contribution < 1.29 is 4.79 Å². The van der Waals surface area contributed by atoms with Crippen LogP contribution in [0.2, 0.25) is 0 Å². The van der Waals surface area contributed by atoms with Crippen LogP contribution in [0.5, 0.6) is 0 Å². The highest BCUT2D eigenvalue weighted by molar-refractivity contribution is 5.94. The van der Waals surface area contributed by atoms with Crippen molar-refractivity contribution in [2.24, 2.45) is 11.8 Å². The highest BCUT2D eigenvalue weighted by atomic mass is 16.2. The number of piperidine rings is 1. The third-order valence-electron chi connectivity index (χ3n) is 3.91. The summed E-state index contributed by atoms with van der Waals surface area (Å²) in [4.78, 5) is 14.5. The summed E-state index contributed by atoms with van der Waals surface area (Å²) in [5, 5.41) is 0. The molecule has 0 saturated carbocycles. The number of amides is 1. The maximum atomic E-state index is 12.5. The number of nitrogens with zero attached hydrogens (tertiary/aromatic N) is 1. The smallest absolute Gasteiger partial charge is 0.253 e. The minimum absolute atomic E-state index is 0.191. The number of hydrogen-bond donors (Lipinski definition) is 0. The highest BCUT2D eigenvalue weighted by Crippen LogP contribution is 2.23. The molecule has 1 saturated heterocycles. The Morgan fingerprint density at radius 2 is 1.72 bits per heavy atom. The molecule has 0 bridgehead atoms. The average Bonchev–Trinajstić information content (AvgIpc) is 2.30. The molecule has 0 aromatic heterocycles. The Bertz CT molecular complexity index is 442. The monoisotopic (exact) mass is 245 g/mol. The zero-order chi connectivity index (χ0) is 13.3. The van der Waals surface area contributed by atoms with E-state index in [1.807, 2.05) is 23.1 Å². The molecule has 0 spiro atoms. The summed E-state index contributed by atoms with van der Waals surface area (Å²) in [6.45, 7) is 10.4. The molecule has 18 heavy (non-hydrogen) atoms. The lowest BCUT2D eigenvalue weighted by Gasteiger charge is -2.35. The van der Waals surface area contributed by atoms with Gasteiger partial charge in [0.05, 0.1) is 0 Å². The molecule has 0 radical (unpaired) electrons. The van der Waals surface area contributed by atoms with E-state index in [1.165, 1.54) is 17.5 Å². The van der Waals surface area contributed by atoms with E-state index in [0.717, 1.165) is 18.7 Å². The molecule has 1 fully saturated rings. The van der Waals surface area contributed by atoms with Crippen molar-refractivity contribution in [3.63, 3.8) is 0 Å². The van der Waals surface area contributed by atoms with Gasteiger partial charge in [-0.2, -0.15) is 0 Å². The molecule has 0 unspecified atom stereocenters. The van der Waals surface area contributed by atoms with E-state index in [4.69, 9.17) is 0 Å². The second-order valence-corrected chi connectivity index (χ2v) is 5.96. The van der Waals surface area contributed by atoms with Gasteiger partial charge in [0.25, 0.3) is 5.91 Å². The summed E-state index contributed by atoms with van der Waals surface area (Å²) in [7, 11) is 0. The first kappa shape index (κ1) is 13.1. The lowest BCUT2D eigenvalue weighted by Crippen LogP contribution is -2.42. The van der Waals surface area contributed by atoms with Crippen LogP contribution in [0.1, 0.15) is 41.8 Å². The molecular weight excluding hydrogens is 222 g/mol. The van der Waals surface area contributed by atoms with Crippen LogP contribution in [-0.4, -0.2) is 23.9 Å². The predicted octanol–water partition coefficient (Wildman–Crippen LogP) is 3.42. The number of rotatable bonds is 1. The summed E-state index contributed by atoms with van der Waals surface area (Å²) < 4.78 is 0. The van der Waals surface area contributed by atoms with Crippen molar-refractivity contribution in [1.82, 2.24) is 4.90 Å². The van der Waals surface area contributed by atoms with Crippen LogP contribution in [0.3, 0.4) is 0 Å². The fourth-order valence-corrected chi connectivity index (χ4v) is 2.89. The molecule has 1 amide bonds. The van der Waals surface area contributed by atoms with Gasteiger partial charge < -0.3 is 4.90 Å². The summed E-state index contributed by atoms with van der Waals surface area (Å²) in [5.74, 6) is 1.42. The molecule has 2 atom stereocenters. The molecule has 1 aromatic carbocycles. The van der Waals surface area contributed by atoms with E-state index in [0.29, 0.717) is 11.8 Å². The number of carbonyl (C=O) groups is 1. The lowest BCUT2D eigenvalue weighted by molar-refractivity contribution is 0.0623. The molecule has 2 nitrogen and oxygen atoms in total. The quantitative estimate of drug-likeness (QED) is 0.742. The largest absolute Gasteiger partial charge is 0.338 e. The lowest BCUT2D eigenvalue weighted by atomic mass is 9.91. The molecule has 0 N–H and O–H groups in total. The first-order chi connectivity index (χ1) is 8.47. The van der Waals surface area contributed by atoms with Gasteiger partial charge in [-0.3, -0.25) is 4.79 Å². The normalized spacial score (nSPS) is 24.1. The Morgan fingerprint density at radius 1 is 1.11 bits per heavy atom. The summed E-state index contributed by atoms with van der Waals surface area (Å²) in [5.41, 5.74) is 3.27. The van der Waals surface area contributed by atoms with Crippen LogP contribution < -0.4 is 0 Å². The Hall–Kier alpha value is -1.31. The van der Waals surface area contributed by atoms with Crippen molar-refractivity contribution >= 4 is 5.91 Å². The van der Waals surface area contributed by atoms with Crippen LogP contribution >= 0.6 is 0 Å². The Balaban J connectivity index is 2.17. The van der Waals surface area contributed by atoms with Crippen LogP contribution in [0, 0.1) is 25.7 Å². The van der Waals surface area contributed by atoms with Crippen LogP contribution in [0.25, 0.3) is 0 Å². The van der Waals surface area contributed by atoms with E-state index in [2.05, 4.69) is 27.7 Å². The number of benzene rings is 1. The Labute approximate surface area is 110 Å². The third-order valence-corrected chi connectivity index (χ3v) is 3.91. The fourth-order valence-electron chi connectivity index (χ4n) is 2.89. The van der Waals surface area contributed by atoms with Crippen LogP contribution in [-0.2, 0) is 0 Å². The van der Waals surface area contributed by atoms with Crippen molar-refractivity contribution in [3.8, 4) is 0 Å². The highest BCUT2D eigenvalue weighted by Gasteiger charge is 2.26. The van der Waals surface area contributed by atoms with Gasteiger partial charge >= 0.3 is 0 Å². The zero-order valence-corrected chi connectivity index (χ0v) is 11.9. The molecular formula is C16H23NO. The first-order valence-electron chi connectivity index (χ1n) is 6.84. The Kier molecular flexibility index (Phi) is 3.74. The number of aryl methyl sites for hydroxylation is 2. The van der Waals surface area contributed by atoms with Gasteiger partial charge in [-0.05, 0) is 55.4 Å². The zero-order valence-electron chi connectivity index (χ0n) is 11.9. The second kappa shape index (κ2) is 5.13. The summed E-state index contributed by atoms with van der Waals surface area (Å²) >= 11 is 0. The van der Waals surface area contributed by atoms with Gasteiger partial charge in [0.15, 0.2) is 0 Å². The fraction of sp³-hybridized carbons (Fsp3) is 0.562. The minimum Gasteiger partial charge on any atom is -0.338 e. The molecule has 98 valence electrons. The second-order valence-electron chi connectivity index (χ2n) is 5.96. The van der Waals surface area contributed by atoms with Gasteiger partial charge in [-0.15, -0.1) is 0 Å². The van der Waals surface area contributed by atoms with Crippen molar-refractivity contribution in [3.05, 3.63) is 34.9 Å². The van der Waals surface area contributed by atoms with Gasteiger partial charge in [-0.1, -0.05) is 19.9 Å². The first-order valence-corrected chi connectivity index (χ1v) is 6.84. The van der Waals surface area contributed by atoms with E-state index in [-0.39, 0.29) is 5.91 Å². The van der Waals surface area contributed by atoms with E-state index < -0.39 is 0 Å². The Morgan fingerprint density at radius 3 is 2.28 bits per heavy atom. The summed E-state index contributed by atoms with van der Waals surface area (Å²) in [6, 6.07) is 6.01. The maximum absolute atomic E-state index is 12.5. The minimum atomic E-state index is 0.191. The van der Waals surface area contributed by atoms with Crippen molar-refractivity contribution in [1.29, 1.82) is 0 Å². The van der Waals surface area contributed by atoms with Gasteiger partial charge in [0, 0.05) is 18.7 Å². The summed E-state index contributed by atoms with van der Waals surface area (Å²) in [6.07, 6.45) is 1.23. The van der Waals surface area contributed by atoms with Crippen LogP contribution in [0.4, 0.5) is 0 Å². The SMILES string of the molecule is Cc1ccc(C(=O)N2C[C@H](C)C[C@H](C)C2)cc1C. The van der Waals surface area contributed by atoms with Gasteiger partial charge in [0.2, 0.25) is 0 Å². The van der Waals surface area contributed by atoms with E-state index in [9.17, 15) is 4.79 Å². The number of carbonyl (C=O) groups excluding carboxylic acids is 1. The van der Waals surface area contributed by atoms with E-state index >= 15 is 0 Å². The predicted molar refractivity (Wildman–Crippen MR) is 74.8 cm³/mol. The molecule has 0 aliphatic carbocycles. The molecule has 1 heterocycles. The third kappa shape index (κ3) is 2.74. The van der Waals surface area contributed by atoms with E-state index in [1.54, 1.807) is 0 Å².